The van der Waals surface area contributed by atoms with Gasteiger partial charge in [-0.05, 0) is 29.3 Å². The molecule has 26 heavy (non-hydrogen) atoms. The number of pyridine rings is 1. The Kier molecular flexibility index (Phi) is 5.80. The van der Waals surface area contributed by atoms with Gasteiger partial charge in [-0.1, -0.05) is 6.07 Å². The van der Waals surface area contributed by atoms with Gasteiger partial charge in [0.25, 0.3) is 0 Å². The van der Waals surface area contributed by atoms with Crippen LogP contribution in [-0.2, 0) is 20.7 Å². The molecule has 0 fully saturated rings. The Morgan fingerprint density at radius 2 is 2.04 bits per heavy atom. The van der Waals surface area contributed by atoms with Crippen molar-refractivity contribution in [3.8, 4) is 17.0 Å². The zero-order valence-electron chi connectivity index (χ0n) is 14.6. The molecule has 0 saturated heterocycles. The van der Waals surface area contributed by atoms with E-state index < -0.39 is 0 Å². The van der Waals surface area contributed by atoms with Crippen LogP contribution < -0.4 is 15.4 Å². The van der Waals surface area contributed by atoms with Crippen LogP contribution in [0, 0.1) is 0 Å². The number of nitrogens with zero attached hydrogens (tertiary/aromatic N) is 1. The summed E-state index contributed by atoms with van der Waals surface area (Å²) in [7, 11) is 0. The van der Waals surface area contributed by atoms with Crippen molar-refractivity contribution >= 4 is 17.5 Å². The Balaban J connectivity index is 1.46. The third-order valence-electron chi connectivity index (χ3n) is 3.90. The maximum atomic E-state index is 11.4. The van der Waals surface area contributed by atoms with Gasteiger partial charge in [-0.2, -0.15) is 0 Å². The first kappa shape index (κ1) is 17.9. The number of rotatable bonds is 8. The van der Waals surface area contributed by atoms with E-state index in [0.29, 0.717) is 38.7 Å². The predicted octanol–water partition coefficient (Wildman–Crippen LogP) is 1.77. The lowest BCUT2D eigenvalue weighted by molar-refractivity contribution is -0.119. The number of benzene rings is 1. The molecular weight excluding hydrogens is 334 g/mol. The lowest BCUT2D eigenvalue weighted by Crippen LogP contribution is -2.25. The van der Waals surface area contributed by atoms with Gasteiger partial charge in [-0.15, -0.1) is 0 Å². The minimum atomic E-state index is -0.0691. The van der Waals surface area contributed by atoms with E-state index in [4.69, 9.17) is 9.47 Å². The molecule has 1 aliphatic heterocycles. The smallest absolute Gasteiger partial charge is 0.228 e. The fraction of sp³-hybridized carbons (Fsp3) is 0.316. The van der Waals surface area contributed by atoms with Crippen LogP contribution in [0.1, 0.15) is 12.5 Å². The van der Waals surface area contributed by atoms with Crippen molar-refractivity contribution in [2.24, 2.45) is 0 Å². The number of anilines is 1. The summed E-state index contributed by atoms with van der Waals surface area (Å²) in [5, 5.41) is 5.48. The normalized spacial score (nSPS) is 12.4. The molecule has 0 saturated carbocycles. The molecule has 2 heterocycles. The number of amides is 2. The van der Waals surface area contributed by atoms with Crippen LogP contribution in [0.25, 0.3) is 11.1 Å². The van der Waals surface area contributed by atoms with E-state index in [2.05, 4.69) is 15.6 Å². The van der Waals surface area contributed by atoms with Gasteiger partial charge in [0.1, 0.15) is 6.61 Å². The van der Waals surface area contributed by atoms with Gasteiger partial charge in [-0.3, -0.25) is 9.59 Å². The van der Waals surface area contributed by atoms with Crippen LogP contribution in [0.4, 0.5) is 5.69 Å². The predicted molar refractivity (Wildman–Crippen MR) is 97.0 cm³/mol. The van der Waals surface area contributed by atoms with E-state index in [1.54, 1.807) is 6.20 Å². The van der Waals surface area contributed by atoms with E-state index in [9.17, 15) is 9.59 Å². The van der Waals surface area contributed by atoms with Crippen molar-refractivity contribution in [2.75, 3.05) is 31.7 Å². The highest BCUT2D eigenvalue weighted by molar-refractivity contribution is 5.99. The number of hydrogen-bond donors (Lipinski definition) is 2. The van der Waals surface area contributed by atoms with Crippen LogP contribution in [0.3, 0.4) is 0 Å². The Morgan fingerprint density at radius 3 is 2.81 bits per heavy atom. The second-order valence-electron chi connectivity index (χ2n) is 5.93. The van der Waals surface area contributed by atoms with Gasteiger partial charge in [0.2, 0.25) is 17.7 Å². The first-order chi connectivity index (χ1) is 12.6. The summed E-state index contributed by atoms with van der Waals surface area (Å²) in [4.78, 5) is 26.4. The molecule has 0 unspecified atom stereocenters. The lowest BCUT2D eigenvalue weighted by Gasteiger charge is -2.08. The summed E-state index contributed by atoms with van der Waals surface area (Å²) in [5.74, 6) is 0.482. The van der Waals surface area contributed by atoms with Gasteiger partial charge in [0.05, 0.1) is 19.6 Å². The quantitative estimate of drug-likeness (QED) is 0.705. The summed E-state index contributed by atoms with van der Waals surface area (Å²) in [6, 6.07) is 9.63. The Hall–Kier alpha value is -2.93. The number of carbonyl (C=O) groups excluding carboxylic acids is 2. The molecule has 0 bridgehead atoms. The fourth-order valence-corrected chi connectivity index (χ4v) is 2.65. The summed E-state index contributed by atoms with van der Waals surface area (Å²) in [6.07, 6.45) is 2.17. The summed E-state index contributed by atoms with van der Waals surface area (Å²) < 4.78 is 10.9. The average molecular weight is 355 g/mol. The van der Waals surface area contributed by atoms with E-state index in [1.807, 2.05) is 30.3 Å². The van der Waals surface area contributed by atoms with Gasteiger partial charge >= 0.3 is 0 Å². The zero-order valence-corrected chi connectivity index (χ0v) is 14.6. The first-order valence-corrected chi connectivity index (χ1v) is 8.46. The van der Waals surface area contributed by atoms with Crippen molar-refractivity contribution < 1.29 is 19.1 Å². The number of ether oxygens (including phenoxy) is 2. The second kappa shape index (κ2) is 8.44. The maximum absolute atomic E-state index is 11.4. The Morgan fingerprint density at radius 1 is 1.19 bits per heavy atom. The highest BCUT2D eigenvalue weighted by Gasteiger charge is 2.17. The highest BCUT2D eigenvalue weighted by Crippen LogP contribution is 2.29. The molecule has 1 aliphatic rings. The van der Waals surface area contributed by atoms with E-state index >= 15 is 0 Å². The zero-order chi connectivity index (χ0) is 18.4. The lowest BCUT2D eigenvalue weighted by atomic mass is 10.0. The minimum Gasteiger partial charge on any atom is -0.475 e. The van der Waals surface area contributed by atoms with Gasteiger partial charge < -0.3 is 20.1 Å². The molecule has 1 aromatic heterocycles. The second-order valence-corrected chi connectivity index (χ2v) is 5.93. The first-order valence-electron chi connectivity index (χ1n) is 8.46. The van der Waals surface area contributed by atoms with Crippen molar-refractivity contribution in [1.82, 2.24) is 10.3 Å². The molecule has 0 radical (unpaired) electrons. The minimum absolute atomic E-state index is 0.0262. The largest absolute Gasteiger partial charge is 0.475 e. The third-order valence-corrected chi connectivity index (χ3v) is 3.90. The summed E-state index contributed by atoms with van der Waals surface area (Å²) >= 11 is 0. The Bertz CT molecular complexity index is 790. The molecule has 7 heteroatoms. The van der Waals surface area contributed by atoms with E-state index in [1.165, 1.54) is 6.92 Å². The monoisotopic (exact) mass is 355 g/mol. The molecule has 136 valence electrons. The van der Waals surface area contributed by atoms with Crippen molar-refractivity contribution in [3.05, 3.63) is 42.1 Å². The molecular formula is C19H21N3O4. The molecule has 0 atom stereocenters. The molecule has 3 rings (SSSR count). The van der Waals surface area contributed by atoms with Crippen molar-refractivity contribution in [3.63, 3.8) is 0 Å². The average Bonchev–Trinajstić information content (AvgIpc) is 3.00. The van der Waals surface area contributed by atoms with E-state index in [-0.39, 0.29) is 11.8 Å². The standard InChI is InChI=1S/C19H21N3O4/c1-13(23)20-6-7-25-8-9-26-19-5-3-15(12-21-19)14-2-4-17-16(10-14)11-18(24)22-17/h2-5,10,12H,6-9,11H2,1H3,(H,20,23)(H,22,24). The van der Waals surface area contributed by atoms with Crippen LogP contribution in [-0.4, -0.2) is 43.2 Å². The molecule has 0 spiro atoms. The van der Waals surface area contributed by atoms with Crippen molar-refractivity contribution in [2.45, 2.75) is 13.3 Å². The van der Waals surface area contributed by atoms with Crippen LogP contribution in [0.2, 0.25) is 0 Å². The third kappa shape index (κ3) is 4.80. The molecule has 2 N–H and O–H groups in total. The van der Waals surface area contributed by atoms with Crippen molar-refractivity contribution in [1.29, 1.82) is 0 Å². The number of aromatic nitrogens is 1. The van der Waals surface area contributed by atoms with Gasteiger partial charge in [0.15, 0.2) is 0 Å². The molecule has 2 aromatic rings. The van der Waals surface area contributed by atoms with Crippen LogP contribution in [0.15, 0.2) is 36.5 Å². The topological polar surface area (TPSA) is 89.5 Å². The Labute approximate surface area is 151 Å². The SMILES string of the molecule is CC(=O)NCCOCCOc1ccc(-c2ccc3c(c2)CC(=O)N3)cn1. The molecule has 2 amide bonds. The fourth-order valence-electron chi connectivity index (χ4n) is 2.65. The number of hydrogen-bond acceptors (Lipinski definition) is 5. The van der Waals surface area contributed by atoms with Crippen LogP contribution in [0.5, 0.6) is 5.88 Å². The summed E-state index contributed by atoms with van der Waals surface area (Å²) in [5.41, 5.74) is 3.86. The number of nitrogens with one attached hydrogen (secondary N) is 2. The maximum Gasteiger partial charge on any atom is 0.228 e. The molecule has 7 nitrogen and oxygen atoms in total. The molecule has 1 aromatic carbocycles. The highest BCUT2D eigenvalue weighted by atomic mass is 16.5. The number of fused-ring (bicyclic) bond motifs is 1. The van der Waals surface area contributed by atoms with Gasteiger partial charge in [0, 0.05) is 37.0 Å². The summed E-state index contributed by atoms with van der Waals surface area (Å²) in [6.45, 7) is 3.22. The van der Waals surface area contributed by atoms with Gasteiger partial charge in [-0.25, -0.2) is 4.98 Å². The van der Waals surface area contributed by atoms with Crippen LogP contribution >= 0.6 is 0 Å². The van der Waals surface area contributed by atoms with E-state index in [0.717, 1.165) is 22.4 Å². The number of carbonyl (C=O) groups is 2. The molecule has 0 aliphatic carbocycles.